The van der Waals surface area contributed by atoms with Gasteiger partial charge in [-0.05, 0) is 43.2 Å². The molecule has 1 aliphatic heterocycles. The van der Waals surface area contributed by atoms with Crippen molar-refractivity contribution in [1.29, 1.82) is 0 Å². The molecule has 3 heterocycles. The van der Waals surface area contributed by atoms with E-state index in [2.05, 4.69) is 15.2 Å². The zero-order valence-electron chi connectivity index (χ0n) is 14.0. The van der Waals surface area contributed by atoms with Crippen LogP contribution >= 0.6 is 0 Å². The molecule has 5 nitrogen and oxygen atoms in total. The van der Waals surface area contributed by atoms with E-state index < -0.39 is 17.5 Å². The maximum absolute atomic E-state index is 13.9. The molecule has 1 amide bonds. The topological polar surface area (TPSA) is 64.8 Å². The second-order valence-corrected chi connectivity index (χ2v) is 6.51. The van der Waals surface area contributed by atoms with Crippen molar-refractivity contribution >= 4 is 5.91 Å². The van der Waals surface area contributed by atoms with E-state index in [0.717, 1.165) is 42.1 Å². The number of benzene rings is 1. The molecule has 26 heavy (non-hydrogen) atoms. The summed E-state index contributed by atoms with van der Waals surface area (Å²) < 4.78 is 27.0. The van der Waals surface area contributed by atoms with Crippen LogP contribution < -0.4 is 0 Å². The van der Waals surface area contributed by atoms with Crippen LogP contribution in [0, 0.1) is 11.6 Å². The Hall–Kier alpha value is -2.96. The third-order valence-corrected chi connectivity index (χ3v) is 4.78. The van der Waals surface area contributed by atoms with Gasteiger partial charge < -0.3 is 9.88 Å². The standard InChI is InChI=1S/C19H18F2N4O/c20-13-5-6-14(15(21)9-13)19(26)25-8-2-3-12(11-25)17-10-18(24-23-17)16-4-1-7-22-16/h1,4-7,9-10,12,22H,2-3,8,11H2,(H,23,24). The number of nitrogens with one attached hydrogen (secondary N) is 2. The fourth-order valence-electron chi connectivity index (χ4n) is 3.42. The van der Waals surface area contributed by atoms with E-state index in [-0.39, 0.29) is 11.5 Å². The summed E-state index contributed by atoms with van der Waals surface area (Å²) in [5, 5.41) is 7.37. The van der Waals surface area contributed by atoms with Gasteiger partial charge in [0.2, 0.25) is 0 Å². The van der Waals surface area contributed by atoms with E-state index in [1.807, 2.05) is 24.4 Å². The van der Waals surface area contributed by atoms with Crippen LogP contribution in [-0.4, -0.2) is 39.1 Å². The largest absolute Gasteiger partial charge is 0.360 e. The Morgan fingerprint density at radius 3 is 2.88 bits per heavy atom. The van der Waals surface area contributed by atoms with Gasteiger partial charge in [-0.2, -0.15) is 5.10 Å². The van der Waals surface area contributed by atoms with Crippen molar-refractivity contribution in [1.82, 2.24) is 20.1 Å². The molecular formula is C19H18F2N4O. The van der Waals surface area contributed by atoms with Gasteiger partial charge in [0.05, 0.1) is 11.3 Å². The van der Waals surface area contributed by atoms with Gasteiger partial charge in [-0.3, -0.25) is 9.89 Å². The highest BCUT2D eigenvalue weighted by Crippen LogP contribution is 2.29. The molecular weight excluding hydrogens is 338 g/mol. The van der Waals surface area contributed by atoms with Crippen LogP contribution in [0.5, 0.6) is 0 Å². The molecule has 0 aliphatic carbocycles. The molecule has 1 aliphatic rings. The van der Waals surface area contributed by atoms with Gasteiger partial charge >= 0.3 is 0 Å². The van der Waals surface area contributed by atoms with Crippen LogP contribution in [0.4, 0.5) is 8.78 Å². The molecule has 134 valence electrons. The summed E-state index contributed by atoms with van der Waals surface area (Å²) in [6.45, 7) is 1.03. The van der Waals surface area contributed by atoms with E-state index in [9.17, 15) is 13.6 Å². The van der Waals surface area contributed by atoms with Gasteiger partial charge in [-0.25, -0.2) is 8.78 Å². The first-order valence-electron chi connectivity index (χ1n) is 8.55. The molecule has 7 heteroatoms. The first-order valence-corrected chi connectivity index (χ1v) is 8.55. The Bertz CT molecular complexity index is 920. The minimum atomic E-state index is -0.826. The van der Waals surface area contributed by atoms with Crippen molar-refractivity contribution in [3.8, 4) is 11.4 Å². The highest BCUT2D eigenvalue weighted by Gasteiger charge is 2.28. The fourth-order valence-corrected chi connectivity index (χ4v) is 3.42. The second kappa shape index (κ2) is 6.74. The number of hydrogen-bond donors (Lipinski definition) is 2. The van der Waals surface area contributed by atoms with Gasteiger partial charge in [-0.15, -0.1) is 0 Å². The normalized spacial score (nSPS) is 17.5. The highest BCUT2D eigenvalue weighted by molar-refractivity contribution is 5.94. The summed E-state index contributed by atoms with van der Waals surface area (Å²) >= 11 is 0. The lowest BCUT2D eigenvalue weighted by Crippen LogP contribution is -2.39. The average Bonchev–Trinajstić information content (AvgIpc) is 3.33. The lowest BCUT2D eigenvalue weighted by Gasteiger charge is -2.32. The number of amides is 1. The molecule has 0 bridgehead atoms. The number of piperidine rings is 1. The SMILES string of the molecule is O=C(c1ccc(F)cc1F)N1CCCC(c2cc(-c3ccc[nH]3)n[nH]2)C1. The summed E-state index contributed by atoms with van der Waals surface area (Å²) in [7, 11) is 0. The van der Waals surface area contributed by atoms with Crippen LogP contribution in [0.3, 0.4) is 0 Å². The number of nitrogens with zero attached hydrogens (tertiary/aromatic N) is 2. The number of carbonyl (C=O) groups is 1. The number of hydrogen-bond acceptors (Lipinski definition) is 2. The number of aromatic amines is 2. The van der Waals surface area contributed by atoms with Crippen LogP contribution in [0.2, 0.25) is 0 Å². The maximum Gasteiger partial charge on any atom is 0.256 e. The second-order valence-electron chi connectivity index (χ2n) is 6.51. The van der Waals surface area contributed by atoms with Crippen molar-refractivity contribution < 1.29 is 13.6 Å². The van der Waals surface area contributed by atoms with E-state index in [1.54, 1.807) is 4.90 Å². The molecule has 2 N–H and O–H groups in total. The van der Waals surface area contributed by atoms with Crippen molar-refractivity contribution in [2.75, 3.05) is 13.1 Å². The lowest BCUT2D eigenvalue weighted by molar-refractivity contribution is 0.0701. The third kappa shape index (κ3) is 3.12. The molecule has 1 unspecified atom stereocenters. The number of aromatic nitrogens is 3. The van der Waals surface area contributed by atoms with E-state index >= 15 is 0 Å². The molecule has 3 aromatic rings. The number of H-pyrrole nitrogens is 2. The average molecular weight is 356 g/mol. The quantitative estimate of drug-likeness (QED) is 0.751. The van der Waals surface area contributed by atoms with Crippen molar-refractivity contribution in [2.45, 2.75) is 18.8 Å². The Morgan fingerprint density at radius 1 is 1.23 bits per heavy atom. The number of halogens is 2. The minimum Gasteiger partial charge on any atom is -0.360 e. The summed E-state index contributed by atoms with van der Waals surface area (Å²) in [4.78, 5) is 17.4. The molecule has 2 aromatic heterocycles. The van der Waals surface area contributed by atoms with Crippen molar-refractivity contribution in [3.63, 3.8) is 0 Å². The maximum atomic E-state index is 13.9. The summed E-state index contributed by atoms with van der Waals surface area (Å²) in [5.41, 5.74) is 2.60. The van der Waals surface area contributed by atoms with E-state index in [4.69, 9.17) is 0 Å². The number of likely N-dealkylation sites (tertiary alicyclic amines) is 1. The van der Waals surface area contributed by atoms with Gasteiger partial charge in [0.1, 0.15) is 17.3 Å². The van der Waals surface area contributed by atoms with E-state index in [0.29, 0.717) is 13.1 Å². The number of rotatable bonds is 3. The van der Waals surface area contributed by atoms with Crippen LogP contribution in [0.15, 0.2) is 42.6 Å². The highest BCUT2D eigenvalue weighted by atomic mass is 19.1. The van der Waals surface area contributed by atoms with Crippen LogP contribution in [0.25, 0.3) is 11.4 Å². The first kappa shape index (κ1) is 16.5. The molecule has 1 atom stereocenters. The molecule has 0 spiro atoms. The van der Waals surface area contributed by atoms with Crippen molar-refractivity contribution in [3.05, 3.63) is 65.5 Å². The summed E-state index contributed by atoms with van der Waals surface area (Å²) in [5.74, 6) is -1.82. The lowest BCUT2D eigenvalue weighted by atomic mass is 9.94. The Labute approximate surface area is 149 Å². The van der Waals surface area contributed by atoms with E-state index in [1.165, 1.54) is 6.07 Å². The molecule has 4 rings (SSSR count). The molecule has 0 saturated carbocycles. The van der Waals surface area contributed by atoms with Gasteiger partial charge in [-0.1, -0.05) is 0 Å². The predicted molar refractivity (Wildman–Crippen MR) is 92.6 cm³/mol. The fraction of sp³-hybridized carbons (Fsp3) is 0.263. The Balaban J connectivity index is 1.51. The number of carbonyl (C=O) groups excluding carboxylic acids is 1. The molecule has 1 saturated heterocycles. The summed E-state index contributed by atoms with van der Waals surface area (Å²) in [6.07, 6.45) is 3.57. The monoisotopic (exact) mass is 356 g/mol. The van der Waals surface area contributed by atoms with Gasteiger partial charge in [0.15, 0.2) is 0 Å². The Kier molecular flexibility index (Phi) is 4.28. The molecule has 1 fully saturated rings. The smallest absolute Gasteiger partial charge is 0.256 e. The minimum absolute atomic E-state index is 0.0938. The van der Waals surface area contributed by atoms with Gasteiger partial charge in [0.25, 0.3) is 5.91 Å². The van der Waals surface area contributed by atoms with Crippen molar-refractivity contribution in [2.24, 2.45) is 0 Å². The zero-order valence-corrected chi connectivity index (χ0v) is 14.0. The Morgan fingerprint density at radius 2 is 2.12 bits per heavy atom. The third-order valence-electron chi connectivity index (χ3n) is 4.78. The first-order chi connectivity index (χ1) is 12.6. The zero-order chi connectivity index (χ0) is 18.1. The van der Waals surface area contributed by atoms with Gasteiger partial charge in [0, 0.05) is 37.0 Å². The predicted octanol–water partition coefficient (Wildman–Crippen LogP) is 3.70. The molecule has 1 aromatic carbocycles. The van der Waals surface area contributed by atoms with Crippen LogP contribution in [-0.2, 0) is 0 Å². The molecule has 0 radical (unpaired) electrons. The summed E-state index contributed by atoms with van der Waals surface area (Å²) in [6, 6.07) is 8.87. The van der Waals surface area contributed by atoms with Crippen LogP contribution in [0.1, 0.15) is 34.8 Å².